The van der Waals surface area contributed by atoms with Gasteiger partial charge in [0.2, 0.25) is 5.91 Å². The summed E-state index contributed by atoms with van der Waals surface area (Å²) < 4.78 is 13.1. The van der Waals surface area contributed by atoms with E-state index in [0.717, 1.165) is 12.0 Å². The zero-order valence-electron chi connectivity index (χ0n) is 12.9. The third-order valence-corrected chi connectivity index (χ3v) is 4.51. The van der Waals surface area contributed by atoms with Gasteiger partial charge in [0.1, 0.15) is 5.82 Å². The number of piperidine rings is 1. The van der Waals surface area contributed by atoms with Crippen LogP contribution in [0.25, 0.3) is 0 Å². The van der Waals surface area contributed by atoms with Crippen molar-refractivity contribution < 1.29 is 9.18 Å². The first-order chi connectivity index (χ1) is 10.5. The molecule has 0 aliphatic carbocycles. The topological polar surface area (TPSA) is 29.1 Å². The summed E-state index contributed by atoms with van der Waals surface area (Å²) in [6.45, 7) is 4.86. The van der Waals surface area contributed by atoms with Gasteiger partial charge in [-0.1, -0.05) is 35.9 Å². The van der Waals surface area contributed by atoms with Gasteiger partial charge in [-0.3, -0.25) is 4.79 Å². The van der Waals surface area contributed by atoms with Crippen molar-refractivity contribution in [3.8, 4) is 0 Å². The smallest absolute Gasteiger partial charge is 0.227 e. The molecule has 0 radical (unpaired) electrons. The van der Waals surface area contributed by atoms with Gasteiger partial charge in [0.05, 0.1) is 5.92 Å². The Hall–Kier alpha value is -2.16. The maximum atomic E-state index is 13.1. The first-order valence-electron chi connectivity index (χ1n) is 7.65. The van der Waals surface area contributed by atoms with E-state index in [1.165, 1.54) is 28.8 Å². The Bertz CT molecular complexity index is 693. The number of carbonyl (C=O) groups is 1. The van der Waals surface area contributed by atoms with E-state index in [-0.39, 0.29) is 17.6 Å². The van der Waals surface area contributed by atoms with Crippen LogP contribution in [0.15, 0.2) is 42.5 Å². The molecule has 22 heavy (non-hydrogen) atoms. The lowest BCUT2D eigenvalue weighted by atomic mass is 9.80. The minimum atomic E-state index is -0.272. The summed E-state index contributed by atoms with van der Waals surface area (Å²) in [6, 6.07) is 12.7. The number of benzene rings is 2. The summed E-state index contributed by atoms with van der Waals surface area (Å²) in [6.07, 6.45) is 0.766. The molecule has 3 heteroatoms. The molecular weight excluding hydrogens is 277 g/mol. The Balaban J connectivity index is 1.88. The average molecular weight is 297 g/mol. The average Bonchev–Trinajstić information content (AvgIpc) is 2.51. The second kappa shape index (κ2) is 5.91. The summed E-state index contributed by atoms with van der Waals surface area (Å²) in [4.78, 5) is 12.2. The molecule has 1 fully saturated rings. The first-order valence-corrected chi connectivity index (χ1v) is 7.65. The highest BCUT2D eigenvalue weighted by Gasteiger charge is 2.31. The molecule has 0 spiro atoms. The van der Waals surface area contributed by atoms with Crippen LogP contribution in [0.2, 0.25) is 0 Å². The fourth-order valence-corrected chi connectivity index (χ4v) is 3.24. The number of rotatable bonds is 2. The van der Waals surface area contributed by atoms with Crippen LogP contribution >= 0.6 is 0 Å². The van der Waals surface area contributed by atoms with Crippen molar-refractivity contribution in [2.45, 2.75) is 32.1 Å². The Morgan fingerprint density at radius 2 is 1.82 bits per heavy atom. The molecule has 114 valence electrons. The van der Waals surface area contributed by atoms with Gasteiger partial charge in [0.15, 0.2) is 0 Å². The Morgan fingerprint density at radius 3 is 2.55 bits per heavy atom. The lowest BCUT2D eigenvalue weighted by Crippen LogP contribution is -2.39. The van der Waals surface area contributed by atoms with Gasteiger partial charge in [-0.15, -0.1) is 0 Å². The highest BCUT2D eigenvalue weighted by molar-refractivity contribution is 5.84. The number of carbonyl (C=O) groups excluding carboxylic acids is 1. The Kier molecular flexibility index (Phi) is 3.97. The molecule has 1 aliphatic rings. The molecule has 2 atom stereocenters. The summed E-state index contributed by atoms with van der Waals surface area (Å²) in [5, 5.41) is 3.01. The molecule has 3 rings (SSSR count). The SMILES string of the molecule is Cc1ccc(C)c([C@H]2CNC(=O)[C@@H](c3ccc(F)cc3)C2)c1. The highest BCUT2D eigenvalue weighted by Crippen LogP contribution is 2.34. The predicted molar refractivity (Wildman–Crippen MR) is 85.4 cm³/mol. The number of amides is 1. The second-order valence-corrected chi connectivity index (χ2v) is 6.14. The van der Waals surface area contributed by atoms with Crippen LogP contribution in [0.1, 0.15) is 40.5 Å². The molecule has 2 aromatic carbocycles. The van der Waals surface area contributed by atoms with Gasteiger partial charge < -0.3 is 5.32 Å². The summed E-state index contributed by atoms with van der Waals surface area (Å²) in [5.74, 6) is -0.147. The van der Waals surface area contributed by atoms with Crippen molar-refractivity contribution >= 4 is 5.91 Å². The van der Waals surface area contributed by atoms with E-state index in [9.17, 15) is 9.18 Å². The predicted octanol–water partition coefficient (Wildman–Crippen LogP) is 3.83. The molecule has 0 unspecified atom stereocenters. The van der Waals surface area contributed by atoms with Crippen molar-refractivity contribution in [2.75, 3.05) is 6.54 Å². The quantitative estimate of drug-likeness (QED) is 0.897. The molecule has 0 aromatic heterocycles. The molecule has 1 N–H and O–H groups in total. The number of hydrogen-bond donors (Lipinski definition) is 1. The van der Waals surface area contributed by atoms with Crippen LogP contribution in [0.4, 0.5) is 4.39 Å². The third kappa shape index (κ3) is 2.89. The zero-order valence-corrected chi connectivity index (χ0v) is 12.9. The maximum absolute atomic E-state index is 13.1. The number of aryl methyl sites for hydroxylation is 2. The van der Waals surface area contributed by atoms with Crippen LogP contribution < -0.4 is 5.32 Å². The summed E-state index contributed by atoms with van der Waals surface area (Å²) in [7, 11) is 0. The largest absolute Gasteiger partial charge is 0.355 e. The van der Waals surface area contributed by atoms with Gasteiger partial charge in [-0.05, 0) is 49.1 Å². The van der Waals surface area contributed by atoms with E-state index in [1.807, 2.05) is 0 Å². The molecular formula is C19H20FNO. The fraction of sp³-hybridized carbons (Fsp3) is 0.316. The van der Waals surface area contributed by atoms with E-state index >= 15 is 0 Å². The van der Waals surface area contributed by atoms with Crippen LogP contribution in [0, 0.1) is 19.7 Å². The number of hydrogen-bond acceptors (Lipinski definition) is 1. The lowest BCUT2D eigenvalue weighted by Gasteiger charge is -2.30. The molecule has 2 nitrogen and oxygen atoms in total. The molecule has 1 amide bonds. The maximum Gasteiger partial charge on any atom is 0.227 e. The van der Waals surface area contributed by atoms with E-state index in [1.54, 1.807) is 12.1 Å². The standard InChI is InChI=1S/C19H20FNO/c1-12-3-4-13(2)17(9-12)15-10-18(19(22)21-11-15)14-5-7-16(20)8-6-14/h3-9,15,18H,10-11H2,1-2H3,(H,21,22)/t15-,18-/m1/s1. The Labute approximate surface area is 130 Å². The molecule has 0 saturated carbocycles. The van der Waals surface area contributed by atoms with Gasteiger partial charge in [0.25, 0.3) is 0 Å². The van der Waals surface area contributed by atoms with Crippen molar-refractivity contribution in [3.05, 3.63) is 70.5 Å². The lowest BCUT2D eigenvalue weighted by molar-refractivity contribution is -0.124. The minimum absolute atomic E-state index is 0.0353. The minimum Gasteiger partial charge on any atom is -0.355 e. The summed E-state index contributed by atoms with van der Waals surface area (Å²) >= 11 is 0. The number of nitrogens with one attached hydrogen (secondary N) is 1. The van der Waals surface area contributed by atoms with Gasteiger partial charge in [-0.25, -0.2) is 4.39 Å². The number of halogens is 1. The van der Waals surface area contributed by atoms with E-state index in [0.29, 0.717) is 12.5 Å². The fourth-order valence-electron chi connectivity index (χ4n) is 3.24. The molecule has 1 saturated heterocycles. The van der Waals surface area contributed by atoms with Crippen molar-refractivity contribution in [1.29, 1.82) is 0 Å². The van der Waals surface area contributed by atoms with Crippen LogP contribution in [-0.2, 0) is 4.79 Å². The van der Waals surface area contributed by atoms with Crippen LogP contribution in [0.5, 0.6) is 0 Å². The Morgan fingerprint density at radius 1 is 1.09 bits per heavy atom. The van der Waals surface area contributed by atoms with E-state index in [4.69, 9.17) is 0 Å². The second-order valence-electron chi connectivity index (χ2n) is 6.14. The molecule has 1 aliphatic heterocycles. The molecule has 2 aromatic rings. The summed E-state index contributed by atoms with van der Waals surface area (Å²) in [5.41, 5.74) is 4.67. The van der Waals surface area contributed by atoms with Gasteiger partial charge in [0, 0.05) is 12.5 Å². The van der Waals surface area contributed by atoms with E-state index < -0.39 is 0 Å². The monoisotopic (exact) mass is 297 g/mol. The zero-order chi connectivity index (χ0) is 15.7. The molecule has 0 bridgehead atoms. The van der Waals surface area contributed by atoms with Crippen molar-refractivity contribution in [3.63, 3.8) is 0 Å². The van der Waals surface area contributed by atoms with Crippen molar-refractivity contribution in [1.82, 2.24) is 5.32 Å². The van der Waals surface area contributed by atoms with E-state index in [2.05, 4.69) is 37.4 Å². The van der Waals surface area contributed by atoms with Crippen LogP contribution in [-0.4, -0.2) is 12.5 Å². The third-order valence-electron chi connectivity index (χ3n) is 4.51. The highest BCUT2D eigenvalue weighted by atomic mass is 19.1. The molecule has 1 heterocycles. The van der Waals surface area contributed by atoms with Crippen LogP contribution in [0.3, 0.4) is 0 Å². The van der Waals surface area contributed by atoms with Crippen molar-refractivity contribution in [2.24, 2.45) is 0 Å². The van der Waals surface area contributed by atoms with Gasteiger partial charge in [-0.2, -0.15) is 0 Å². The first kappa shape index (κ1) is 14.8. The van der Waals surface area contributed by atoms with Gasteiger partial charge >= 0.3 is 0 Å². The normalized spacial score (nSPS) is 21.5.